The van der Waals surface area contributed by atoms with E-state index in [9.17, 15) is 9.18 Å². The fraction of sp³-hybridized carbons (Fsp3) is 0.611. The molecule has 0 N–H and O–H groups in total. The Morgan fingerprint density at radius 2 is 2.16 bits per heavy atom. The molecule has 1 aromatic rings. The molecule has 2 aliphatic heterocycles. The van der Waals surface area contributed by atoms with Gasteiger partial charge < -0.3 is 14.4 Å². The standard InChI is InChI=1S/C18H22ClFN2O3/c19-15-7-14(3-4-16(15)20)25-11-18(23)21-5-6-22-13(8-21)9-24-10-17(22)12-1-2-12/h3-4,7,12-13,17H,1-2,5-6,8-11H2/t13-,17-/m1/s1. The van der Waals surface area contributed by atoms with E-state index < -0.39 is 5.82 Å². The highest BCUT2D eigenvalue weighted by atomic mass is 35.5. The largest absolute Gasteiger partial charge is 0.484 e. The van der Waals surface area contributed by atoms with Gasteiger partial charge in [0.2, 0.25) is 0 Å². The molecule has 5 nitrogen and oxygen atoms in total. The van der Waals surface area contributed by atoms with Crippen LogP contribution in [0.15, 0.2) is 18.2 Å². The Hall–Kier alpha value is -1.37. The van der Waals surface area contributed by atoms with Gasteiger partial charge in [0.1, 0.15) is 11.6 Å². The number of hydrogen-bond acceptors (Lipinski definition) is 4. The summed E-state index contributed by atoms with van der Waals surface area (Å²) in [6, 6.07) is 4.89. The first-order valence-electron chi connectivity index (χ1n) is 8.81. The third-order valence-electron chi connectivity index (χ3n) is 5.33. The number of morpholine rings is 1. The van der Waals surface area contributed by atoms with Crippen molar-refractivity contribution in [1.29, 1.82) is 0 Å². The van der Waals surface area contributed by atoms with Crippen molar-refractivity contribution in [2.75, 3.05) is 39.5 Å². The molecule has 0 spiro atoms. The van der Waals surface area contributed by atoms with Crippen molar-refractivity contribution in [2.45, 2.75) is 24.9 Å². The van der Waals surface area contributed by atoms with E-state index in [1.165, 1.54) is 31.0 Å². The number of ether oxygens (including phenoxy) is 2. The van der Waals surface area contributed by atoms with Crippen molar-refractivity contribution in [3.05, 3.63) is 29.0 Å². The molecule has 0 unspecified atom stereocenters. The molecule has 0 aromatic heterocycles. The quantitative estimate of drug-likeness (QED) is 0.817. The third-order valence-corrected chi connectivity index (χ3v) is 5.61. The highest BCUT2D eigenvalue weighted by Gasteiger charge is 2.43. The molecule has 3 aliphatic rings. The number of carbonyl (C=O) groups is 1. The number of halogens is 2. The van der Waals surface area contributed by atoms with Crippen LogP contribution in [0.3, 0.4) is 0 Å². The molecule has 1 amide bonds. The van der Waals surface area contributed by atoms with E-state index in [0.29, 0.717) is 31.5 Å². The minimum atomic E-state index is -0.501. The second-order valence-corrected chi connectivity index (χ2v) is 7.45. The van der Waals surface area contributed by atoms with E-state index in [-0.39, 0.29) is 23.6 Å². The smallest absolute Gasteiger partial charge is 0.260 e. The van der Waals surface area contributed by atoms with Gasteiger partial charge in [-0.1, -0.05) is 11.6 Å². The number of rotatable bonds is 4. The van der Waals surface area contributed by atoms with Crippen molar-refractivity contribution < 1.29 is 18.7 Å². The minimum Gasteiger partial charge on any atom is -0.484 e. The maximum atomic E-state index is 13.2. The van der Waals surface area contributed by atoms with Gasteiger partial charge in [-0.25, -0.2) is 4.39 Å². The number of carbonyl (C=O) groups excluding carboxylic acids is 1. The van der Waals surface area contributed by atoms with Crippen LogP contribution >= 0.6 is 11.6 Å². The number of piperazine rings is 1. The lowest BCUT2D eigenvalue weighted by Gasteiger charge is -2.48. The van der Waals surface area contributed by atoms with Gasteiger partial charge in [-0.3, -0.25) is 9.69 Å². The van der Waals surface area contributed by atoms with Crippen LogP contribution in [0.4, 0.5) is 4.39 Å². The monoisotopic (exact) mass is 368 g/mol. The van der Waals surface area contributed by atoms with Gasteiger partial charge in [-0.15, -0.1) is 0 Å². The van der Waals surface area contributed by atoms with E-state index in [1.807, 2.05) is 4.90 Å². The maximum Gasteiger partial charge on any atom is 0.260 e. The first-order chi connectivity index (χ1) is 12.1. The van der Waals surface area contributed by atoms with E-state index in [1.54, 1.807) is 0 Å². The normalized spacial score (nSPS) is 27.0. The van der Waals surface area contributed by atoms with E-state index >= 15 is 0 Å². The number of fused-ring (bicyclic) bond motifs is 1. The molecule has 2 heterocycles. The van der Waals surface area contributed by atoms with Crippen molar-refractivity contribution in [1.82, 2.24) is 9.80 Å². The molecule has 1 aliphatic carbocycles. The molecule has 136 valence electrons. The zero-order valence-corrected chi connectivity index (χ0v) is 14.8. The summed E-state index contributed by atoms with van der Waals surface area (Å²) in [6.45, 7) is 3.72. The molecule has 1 saturated carbocycles. The van der Waals surface area contributed by atoms with Gasteiger partial charge in [0.25, 0.3) is 5.91 Å². The average molecular weight is 369 g/mol. The van der Waals surface area contributed by atoms with Crippen LogP contribution in [0, 0.1) is 11.7 Å². The van der Waals surface area contributed by atoms with E-state index in [0.717, 1.165) is 19.1 Å². The Morgan fingerprint density at radius 1 is 1.32 bits per heavy atom. The van der Waals surface area contributed by atoms with Crippen LogP contribution in [0.5, 0.6) is 5.75 Å². The van der Waals surface area contributed by atoms with Gasteiger partial charge in [-0.05, 0) is 30.9 Å². The Morgan fingerprint density at radius 3 is 2.92 bits per heavy atom. The Bertz CT molecular complexity index is 655. The second-order valence-electron chi connectivity index (χ2n) is 7.04. The fourth-order valence-electron chi connectivity index (χ4n) is 3.79. The first-order valence-corrected chi connectivity index (χ1v) is 9.19. The second kappa shape index (κ2) is 7.09. The third kappa shape index (κ3) is 3.76. The Kier molecular flexibility index (Phi) is 4.84. The minimum absolute atomic E-state index is 0.0102. The molecule has 1 aromatic carbocycles. The summed E-state index contributed by atoms with van der Waals surface area (Å²) in [5.41, 5.74) is 0. The molecular weight excluding hydrogens is 347 g/mol. The van der Waals surface area contributed by atoms with Crippen LogP contribution in [-0.2, 0) is 9.53 Å². The van der Waals surface area contributed by atoms with Crippen molar-refractivity contribution >= 4 is 17.5 Å². The molecule has 3 fully saturated rings. The SMILES string of the molecule is O=C(COc1ccc(F)c(Cl)c1)N1CCN2[C@@H](COC[C@@H]2C2CC2)C1. The topological polar surface area (TPSA) is 42.0 Å². The molecule has 0 radical (unpaired) electrons. The molecule has 25 heavy (non-hydrogen) atoms. The van der Waals surface area contributed by atoms with Gasteiger partial charge >= 0.3 is 0 Å². The van der Waals surface area contributed by atoms with Gasteiger partial charge in [0.15, 0.2) is 6.61 Å². The van der Waals surface area contributed by atoms with Crippen molar-refractivity contribution in [3.63, 3.8) is 0 Å². The highest BCUT2D eigenvalue weighted by molar-refractivity contribution is 6.30. The molecule has 7 heteroatoms. The summed E-state index contributed by atoms with van der Waals surface area (Å²) in [7, 11) is 0. The van der Waals surface area contributed by atoms with Crippen LogP contribution in [0.25, 0.3) is 0 Å². The zero-order valence-electron chi connectivity index (χ0n) is 14.0. The van der Waals surface area contributed by atoms with Crippen LogP contribution in [0.1, 0.15) is 12.8 Å². The van der Waals surface area contributed by atoms with Crippen LogP contribution in [-0.4, -0.2) is 67.2 Å². The van der Waals surface area contributed by atoms with Gasteiger partial charge in [0.05, 0.1) is 24.3 Å². The van der Waals surface area contributed by atoms with E-state index in [2.05, 4.69) is 4.90 Å². The van der Waals surface area contributed by atoms with Crippen molar-refractivity contribution in [2.24, 2.45) is 5.92 Å². The first kappa shape index (κ1) is 17.1. The predicted molar refractivity (Wildman–Crippen MR) is 91.3 cm³/mol. The number of benzene rings is 1. The maximum absolute atomic E-state index is 13.2. The summed E-state index contributed by atoms with van der Waals surface area (Å²) in [4.78, 5) is 16.8. The number of hydrogen-bond donors (Lipinski definition) is 0. The average Bonchev–Trinajstić information content (AvgIpc) is 3.46. The molecular formula is C18H22ClFN2O3. The predicted octanol–water partition coefficient (Wildman–Crippen LogP) is 2.18. The fourth-order valence-corrected chi connectivity index (χ4v) is 3.96. The van der Waals surface area contributed by atoms with Gasteiger partial charge in [0, 0.05) is 31.7 Å². The van der Waals surface area contributed by atoms with E-state index in [4.69, 9.17) is 21.1 Å². The zero-order chi connectivity index (χ0) is 17.4. The summed E-state index contributed by atoms with van der Waals surface area (Å²) in [6.07, 6.45) is 2.60. The van der Waals surface area contributed by atoms with Crippen LogP contribution in [0.2, 0.25) is 5.02 Å². The molecule has 0 bridgehead atoms. The molecule has 2 atom stereocenters. The molecule has 2 saturated heterocycles. The Balaban J connectivity index is 1.31. The summed E-state index contributed by atoms with van der Waals surface area (Å²) < 4.78 is 24.4. The molecule has 4 rings (SSSR count). The lowest BCUT2D eigenvalue weighted by Crippen LogP contribution is -2.63. The summed E-state index contributed by atoms with van der Waals surface area (Å²) in [5.74, 6) is 0.609. The van der Waals surface area contributed by atoms with Crippen molar-refractivity contribution in [3.8, 4) is 5.75 Å². The summed E-state index contributed by atoms with van der Waals surface area (Å²) in [5, 5.41) is -0.0102. The van der Waals surface area contributed by atoms with Gasteiger partial charge in [-0.2, -0.15) is 0 Å². The van der Waals surface area contributed by atoms with Crippen LogP contribution < -0.4 is 4.74 Å². The number of amides is 1. The Labute approximate surface area is 151 Å². The lowest BCUT2D eigenvalue weighted by atomic mass is 10.0. The number of nitrogens with zero attached hydrogens (tertiary/aromatic N) is 2. The summed E-state index contributed by atoms with van der Waals surface area (Å²) >= 11 is 5.73. The highest BCUT2D eigenvalue weighted by Crippen LogP contribution is 2.38. The lowest BCUT2D eigenvalue weighted by molar-refractivity contribution is -0.142.